The van der Waals surface area contributed by atoms with Crippen molar-refractivity contribution in [2.24, 2.45) is 5.41 Å². The van der Waals surface area contributed by atoms with Gasteiger partial charge < -0.3 is 5.32 Å². The molecule has 0 unspecified atom stereocenters. The number of nitrogens with one attached hydrogen (secondary N) is 1. The summed E-state index contributed by atoms with van der Waals surface area (Å²) < 4.78 is 0. The van der Waals surface area contributed by atoms with Crippen LogP contribution >= 0.6 is 0 Å². The Morgan fingerprint density at radius 1 is 1.12 bits per heavy atom. The fourth-order valence-electron chi connectivity index (χ4n) is 2.72. The molecule has 1 N–H and O–H groups in total. The molecule has 0 radical (unpaired) electrons. The summed E-state index contributed by atoms with van der Waals surface area (Å²) in [5.41, 5.74) is 3.45. The summed E-state index contributed by atoms with van der Waals surface area (Å²) in [7, 11) is 0. The molecule has 0 aromatic heterocycles. The molecule has 1 heterocycles. The van der Waals surface area contributed by atoms with E-state index in [-0.39, 0.29) is 0 Å². The largest absolute Gasteiger partial charge is 0.317 e. The van der Waals surface area contributed by atoms with E-state index in [1.54, 1.807) is 0 Å². The lowest BCUT2D eigenvalue weighted by atomic mass is 9.76. The third-order valence-electron chi connectivity index (χ3n) is 4.09. The van der Waals surface area contributed by atoms with Crippen molar-refractivity contribution in [3.05, 3.63) is 35.4 Å². The molecule has 0 aliphatic carbocycles. The summed E-state index contributed by atoms with van der Waals surface area (Å²) in [4.78, 5) is 0. The molecule has 17 heavy (non-hydrogen) atoms. The molecule has 1 aliphatic rings. The Balaban J connectivity index is 2.03. The average molecular weight is 231 g/mol. The van der Waals surface area contributed by atoms with Crippen molar-refractivity contribution in [3.63, 3.8) is 0 Å². The lowest BCUT2D eigenvalue weighted by Crippen LogP contribution is -2.36. The van der Waals surface area contributed by atoms with Crippen molar-refractivity contribution >= 4 is 0 Å². The molecule has 1 nitrogen and oxygen atoms in total. The molecule has 0 bridgehead atoms. The van der Waals surface area contributed by atoms with Crippen LogP contribution in [0.2, 0.25) is 0 Å². The fourth-order valence-corrected chi connectivity index (χ4v) is 2.72. The van der Waals surface area contributed by atoms with Gasteiger partial charge >= 0.3 is 0 Å². The maximum atomic E-state index is 3.45. The quantitative estimate of drug-likeness (QED) is 0.835. The first-order chi connectivity index (χ1) is 8.09. The third kappa shape index (κ3) is 3.32. The van der Waals surface area contributed by atoms with E-state index in [0.717, 1.165) is 0 Å². The number of rotatable bonds is 3. The van der Waals surface area contributed by atoms with Crippen molar-refractivity contribution in [2.75, 3.05) is 13.1 Å². The number of benzene rings is 1. The van der Waals surface area contributed by atoms with Gasteiger partial charge in [0.1, 0.15) is 0 Å². The zero-order valence-corrected chi connectivity index (χ0v) is 11.4. The highest BCUT2D eigenvalue weighted by Gasteiger charge is 2.26. The van der Waals surface area contributed by atoms with E-state index in [1.807, 2.05) is 0 Å². The Hall–Kier alpha value is -0.820. The monoisotopic (exact) mass is 231 g/mol. The Labute approximate surface area is 106 Å². The van der Waals surface area contributed by atoms with Gasteiger partial charge in [-0.15, -0.1) is 0 Å². The SMILES string of the molecule is CC(C)c1ccc(CC2(C)CCNCC2)cc1. The minimum atomic E-state index is 0.505. The van der Waals surface area contributed by atoms with Crippen molar-refractivity contribution in [1.29, 1.82) is 0 Å². The highest BCUT2D eigenvalue weighted by molar-refractivity contribution is 5.25. The van der Waals surface area contributed by atoms with E-state index in [9.17, 15) is 0 Å². The molecule has 0 amide bonds. The Bertz CT molecular complexity index is 344. The van der Waals surface area contributed by atoms with E-state index in [1.165, 1.54) is 43.5 Å². The Morgan fingerprint density at radius 2 is 1.71 bits per heavy atom. The fraction of sp³-hybridized carbons (Fsp3) is 0.625. The molecule has 0 atom stereocenters. The van der Waals surface area contributed by atoms with Gasteiger partial charge in [-0.3, -0.25) is 0 Å². The normalized spacial score (nSPS) is 19.5. The molecule has 2 rings (SSSR count). The van der Waals surface area contributed by atoms with Gasteiger partial charge in [-0.1, -0.05) is 45.0 Å². The highest BCUT2D eigenvalue weighted by Crippen LogP contribution is 2.32. The molecular formula is C16H25N. The van der Waals surface area contributed by atoms with E-state index >= 15 is 0 Å². The summed E-state index contributed by atoms with van der Waals surface area (Å²) >= 11 is 0. The van der Waals surface area contributed by atoms with Gasteiger partial charge in [-0.2, -0.15) is 0 Å². The zero-order chi connectivity index (χ0) is 12.3. The predicted molar refractivity (Wildman–Crippen MR) is 74.4 cm³/mol. The van der Waals surface area contributed by atoms with E-state index in [4.69, 9.17) is 0 Å². The third-order valence-corrected chi connectivity index (χ3v) is 4.09. The topological polar surface area (TPSA) is 12.0 Å². The van der Waals surface area contributed by atoms with Gasteiger partial charge in [0.15, 0.2) is 0 Å². The first-order valence-electron chi connectivity index (χ1n) is 6.89. The second-order valence-electron chi connectivity index (χ2n) is 6.13. The molecule has 0 saturated carbocycles. The van der Waals surface area contributed by atoms with Gasteiger partial charge in [-0.05, 0) is 54.8 Å². The van der Waals surface area contributed by atoms with Gasteiger partial charge in [0.2, 0.25) is 0 Å². The van der Waals surface area contributed by atoms with Crippen LogP contribution in [-0.4, -0.2) is 13.1 Å². The van der Waals surface area contributed by atoms with Crippen LogP contribution in [0.15, 0.2) is 24.3 Å². The summed E-state index contributed by atoms with van der Waals surface area (Å²) in [6.07, 6.45) is 3.84. The van der Waals surface area contributed by atoms with E-state index in [0.29, 0.717) is 11.3 Å². The van der Waals surface area contributed by atoms with Crippen LogP contribution in [0.3, 0.4) is 0 Å². The lowest BCUT2D eigenvalue weighted by molar-refractivity contribution is 0.228. The molecule has 1 heteroatoms. The maximum absolute atomic E-state index is 3.45. The lowest BCUT2D eigenvalue weighted by Gasteiger charge is -2.34. The minimum Gasteiger partial charge on any atom is -0.317 e. The molecule has 1 saturated heterocycles. The van der Waals surface area contributed by atoms with Crippen LogP contribution in [0.5, 0.6) is 0 Å². The average Bonchev–Trinajstić information content (AvgIpc) is 2.30. The second-order valence-corrected chi connectivity index (χ2v) is 6.13. The minimum absolute atomic E-state index is 0.505. The van der Waals surface area contributed by atoms with Crippen molar-refractivity contribution < 1.29 is 0 Å². The summed E-state index contributed by atoms with van der Waals surface area (Å²) in [5.74, 6) is 0.638. The molecule has 1 aromatic rings. The number of piperidine rings is 1. The maximum Gasteiger partial charge on any atom is -0.00436 e. The van der Waals surface area contributed by atoms with Crippen LogP contribution in [0.25, 0.3) is 0 Å². The summed E-state index contributed by atoms with van der Waals surface area (Å²) in [5, 5.41) is 3.45. The van der Waals surface area contributed by atoms with Crippen molar-refractivity contribution in [3.8, 4) is 0 Å². The van der Waals surface area contributed by atoms with Crippen LogP contribution in [0, 0.1) is 5.41 Å². The Morgan fingerprint density at radius 3 is 2.24 bits per heavy atom. The van der Waals surface area contributed by atoms with Crippen LogP contribution < -0.4 is 5.32 Å². The van der Waals surface area contributed by atoms with Crippen LogP contribution in [0.1, 0.15) is 50.7 Å². The molecular weight excluding hydrogens is 206 g/mol. The van der Waals surface area contributed by atoms with Crippen molar-refractivity contribution in [2.45, 2.75) is 46.0 Å². The van der Waals surface area contributed by atoms with Gasteiger partial charge in [0, 0.05) is 0 Å². The number of hydrogen-bond acceptors (Lipinski definition) is 1. The second kappa shape index (κ2) is 5.22. The predicted octanol–water partition coefficient (Wildman–Crippen LogP) is 3.74. The first-order valence-corrected chi connectivity index (χ1v) is 6.89. The summed E-state index contributed by atoms with van der Waals surface area (Å²) in [6.45, 7) is 9.30. The van der Waals surface area contributed by atoms with Gasteiger partial charge in [0.05, 0.1) is 0 Å². The zero-order valence-electron chi connectivity index (χ0n) is 11.4. The molecule has 1 aromatic carbocycles. The van der Waals surface area contributed by atoms with E-state index in [2.05, 4.69) is 50.4 Å². The van der Waals surface area contributed by atoms with Crippen molar-refractivity contribution in [1.82, 2.24) is 5.32 Å². The molecule has 1 aliphatic heterocycles. The highest BCUT2D eigenvalue weighted by atomic mass is 14.9. The molecule has 1 fully saturated rings. The number of hydrogen-bond donors (Lipinski definition) is 1. The molecule has 94 valence electrons. The summed E-state index contributed by atoms with van der Waals surface area (Å²) in [6, 6.07) is 9.24. The standard InChI is InChI=1S/C16H25N/c1-13(2)15-6-4-14(5-7-15)12-16(3)8-10-17-11-9-16/h4-7,13,17H,8-12H2,1-3H3. The molecule has 0 spiro atoms. The first kappa shape index (κ1) is 12.6. The smallest absolute Gasteiger partial charge is 0.00436 e. The van der Waals surface area contributed by atoms with Crippen LogP contribution in [-0.2, 0) is 6.42 Å². The van der Waals surface area contributed by atoms with Gasteiger partial charge in [0.25, 0.3) is 0 Å². The van der Waals surface area contributed by atoms with Gasteiger partial charge in [-0.25, -0.2) is 0 Å². The Kier molecular flexibility index (Phi) is 3.88. The van der Waals surface area contributed by atoms with E-state index < -0.39 is 0 Å². The van der Waals surface area contributed by atoms with Crippen LogP contribution in [0.4, 0.5) is 0 Å².